The van der Waals surface area contributed by atoms with Crippen molar-refractivity contribution in [1.82, 2.24) is 15.2 Å². The molecule has 3 aromatic rings. The Kier molecular flexibility index (Phi) is 23.1. The number of aromatic nitrogens is 2. The second-order valence-electron chi connectivity index (χ2n) is 8.59. The smallest absolute Gasteiger partial charge is 0.867 e. The Labute approximate surface area is 287 Å². The minimum absolute atomic E-state index is 0. The van der Waals surface area contributed by atoms with Crippen LogP contribution in [0.4, 0.5) is 8.78 Å². The van der Waals surface area contributed by atoms with E-state index in [4.69, 9.17) is 10.6 Å². The molecule has 0 unspecified atom stereocenters. The maximum Gasteiger partial charge on any atom is 1.00 e. The van der Waals surface area contributed by atoms with E-state index < -0.39 is 35.0 Å². The van der Waals surface area contributed by atoms with Gasteiger partial charge in [-0.3, -0.25) is 21.2 Å². The van der Waals surface area contributed by atoms with Gasteiger partial charge in [-0.15, -0.1) is 12.4 Å². The molecule has 16 heteroatoms. The molecule has 12 nitrogen and oxygen atoms in total. The Morgan fingerprint density at radius 2 is 1.53 bits per heavy atom. The normalized spacial score (nSPS) is 10.1. The summed E-state index contributed by atoms with van der Waals surface area (Å²) in [5, 5.41) is 13.4. The Morgan fingerprint density at radius 3 is 2.02 bits per heavy atom. The van der Waals surface area contributed by atoms with Crippen molar-refractivity contribution in [2.75, 3.05) is 13.2 Å². The van der Waals surface area contributed by atoms with Crippen LogP contribution in [-0.4, -0.2) is 47.0 Å². The van der Waals surface area contributed by atoms with Crippen LogP contribution in [0.2, 0.25) is 0 Å². The summed E-state index contributed by atoms with van der Waals surface area (Å²) in [6, 6.07) is 13.8. The van der Waals surface area contributed by atoms with Crippen LogP contribution in [-0.2, 0) is 36.9 Å². The number of hydrogen-bond acceptors (Lipinski definition) is 10. The van der Waals surface area contributed by atoms with Crippen molar-refractivity contribution in [2.45, 2.75) is 46.9 Å². The van der Waals surface area contributed by atoms with E-state index in [9.17, 15) is 33.1 Å². The van der Waals surface area contributed by atoms with E-state index in [0.29, 0.717) is 23.7 Å². The van der Waals surface area contributed by atoms with Crippen molar-refractivity contribution < 1.29 is 72.0 Å². The number of nitrogens with one attached hydrogen (secondary N) is 2. The molecule has 0 aliphatic carbocycles. The average Bonchev–Trinajstić information content (AvgIpc) is 3.32. The zero-order valence-corrected chi connectivity index (χ0v) is 28.5. The number of ether oxygens (including phenoxy) is 3. The standard InChI is InChI=1S/C14H15FN2O3.C8H12O5.C7H9FN2.ClH.Na/c1-9(2)20-14(19)12-7-13(18)17(16-12)8-10-5-3-4-6-11(10)15;1-3-12-7(10)5-6(9)8(11)13-4-2;8-7-4-2-1-3-6(7)5-10-9;;/h3-7,9,16H,8H2,1-2H3;5,9H,3-4H2,1-2H3;1-4,10H,5,9H2;1H;/q;;;;+1/p-1/b;6-5-;;;. The van der Waals surface area contributed by atoms with E-state index >= 15 is 0 Å². The van der Waals surface area contributed by atoms with Crippen molar-refractivity contribution >= 4 is 30.3 Å². The van der Waals surface area contributed by atoms with Crippen molar-refractivity contribution in [1.29, 1.82) is 0 Å². The van der Waals surface area contributed by atoms with Crippen molar-refractivity contribution in [2.24, 2.45) is 5.84 Å². The summed E-state index contributed by atoms with van der Waals surface area (Å²) in [5.74, 6) is 0.903. The van der Waals surface area contributed by atoms with Crippen LogP contribution in [0.1, 0.15) is 49.3 Å². The first-order chi connectivity index (χ1) is 20.4. The van der Waals surface area contributed by atoms with E-state index in [2.05, 4.69) is 20.0 Å². The Hall–Kier alpha value is -3.53. The number of nitrogens with two attached hydrogens (primary N) is 1. The summed E-state index contributed by atoms with van der Waals surface area (Å²) in [7, 11) is 0. The van der Waals surface area contributed by atoms with E-state index in [1.165, 1.54) is 12.1 Å². The van der Waals surface area contributed by atoms with Crippen LogP contribution in [0.3, 0.4) is 0 Å². The molecule has 1 heterocycles. The number of carbonyl (C=O) groups is 3. The predicted molar refractivity (Wildman–Crippen MR) is 157 cm³/mol. The van der Waals surface area contributed by atoms with E-state index in [0.717, 1.165) is 10.7 Å². The summed E-state index contributed by atoms with van der Waals surface area (Å²) in [6.07, 6.45) is 0.294. The zero-order valence-electron chi connectivity index (χ0n) is 25.6. The number of esters is 3. The zero-order chi connectivity index (χ0) is 32.4. The van der Waals surface area contributed by atoms with Gasteiger partial charge in [0, 0.05) is 29.8 Å². The van der Waals surface area contributed by atoms with Gasteiger partial charge in [-0.2, -0.15) is 0 Å². The number of halogens is 3. The van der Waals surface area contributed by atoms with Gasteiger partial charge in [0.2, 0.25) is 0 Å². The Balaban J connectivity index is 0. The van der Waals surface area contributed by atoms with Gasteiger partial charge in [0.05, 0.1) is 25.9 Å². The first-order valence-corrected chi connectivity index (χ1v) is 13.1. The summed E-state index contributed by atoms with van der Waals surface area (Å²) in [4.78, 5) is 44.7. The molecule has 242 valence electrons. The summed E-state index contributed by atoms with van der Waals surface area (Å²) in [6.45, 7) is 7.24. The second kappa shape index (κ2) is 23.8. The summed E-state index contributed by atoms with van der Waals surface area (Å²) in [5.41, 5.74) is 2.98. The quantitative estimate of drug-likeness (QED) is 0.0487. The van der Waals surface area contributed by atoms with Crippen molar-refractivity contribution in [3.8, 4) is 0 Å². The maximum absolute atomic E-state index is 13.5. The summed E-state index contributed by atoms with van der Waals surface area (Å²) >= 11 is 0. The van der Waals surface area contributed by atoms with Crippen molar-refractivity contribution in [3.63, 3.8) is 0 Å². The number of carbonyl (C=O) groups excluding carboxylic acids is 3. The molecule has 0 aliphatic heterocycles. The van der Waals surface area contributed by atoms with Gasteiger partial charge < -0.3 is 19.3 Å². The number of benzene rings is 2. The Bertz CT molecular complexity index is 1430. The number of nitrogens with zero attached hydrogens (tertiary/aromatic N) is 1. The van der Waals surface area contributed by atoms with Gasteiger partial charge in [0.25, 0.3) is 5.56 Å². The van der Waals surface area contributed by atoms with E-state index in [1.807, 2.05) is 0 Å². The van der Waals surface area contributed by atoms with Gasteiger partial charge in [-0.05, 0) is 45.6 Å². The molecule has 0 spiro atoms. The van der Waals surface area contributed by atoms with Gasteiger partial charge in [0.1, 0.15) is 17.3 Å². The number of rotatable bonds is 10. The monoisotopic (exact) mass is 664 g/mol. The molecule has 3 rings (SSSR count). The molecule has 0 aliphatic rings. The van der Waals surface area contributed by atoms with E-state index in [1.54, 1.807) is 64.1 Å². The second-order valence-corrected chi connectivity index (χ2v) is 8.59. The topological polar surface area (TPSA) is 178 Å². The molecular formula is C29H36ClF2N4NaO8. The molecule has 0 bridgehead atoms. The molecule has 0 saturated carbocycles. The fourth-order valence-corrected chi connectivity index (χ4v) is 3.03. The van der Waals surface area contributed by atoms with Gasteiger partial charge >= 0.3 is 47.5 Å². The van der Waals surface area contributed by atoms with E-state index in [-0.39, 0.29) is 79.3 Å². The molecule has 4 N–H and O–H groups in total. The van der Waals surface area contributed by atoms with Crippen LogP contribution >= 0.6 is 12.4 Å². The average molecular weight is 665 g/mol. The molecular weight excluding hydrogens is 629 g/mol. The third kappa shape index (κ3) is 16.9. The molecule has 0 amide bonds. The fraction of sp³-hybridized carbons (Fsp3) is 0.310. The first-order valence-electron chi connectivity index (χ1n) is 13.1. The minimum Gasteiger partial charge on any atom is -0.867 e. The number of hydrazine groups is 1. The number of aromatic amines is 1. The van der Waals surface area contributed by atoms with Gasteiger partial charge in [-0.1, -0.05) is 36.4 Å². The molecule has 0 atom stereocenters. The molecule has 0 fully saturated rings. The molecule has 2 aromatic carbocycles. The summed E-state index contributed by atoms with van der Waals surface area (Å²) < 4.78 is 41.1. The van der Waals surface area contributed by atoms with Crippen LogP contribution in [0, 0.1) is 11.6 Å². The largest absolute Gasteiger partial charge is 1.00 e. The minimum atomic E-state index is -1.05. The molecule has 1 aromatic heterocycles. The predicted octanol–water partition coefficient (Wildman–Crippen LogP) is -0.499. The van der Waals surface area contributed by atoms with Gasteiger partial charge in [0.15, 0.2) is 0 Å². The SMILES string of the molecule is CC(C)OC(=O)c1cc(=O)n(Cc2ccccc2F)[nH]1.CCOC(=O)/C=C(\[O-])C(=O)OCC.Cl.NNCc1ccccc1F.[Na+]. The van der Waals surface area contributed by atoms with Crippen LogP contribution in [0.25, 0.3) is 0 Å². The maximum atomic E-state index is 13.5. The van der Waals surface area contributed by atoms with Crippen LogP contribution < -0.4 is 51.5 Å². The fourth-order valence-electron chi connectivity index (χ4n) is 3.03. The number of H-pyrrole nitrogens is 1. The van der Waals surface area contributed by atoms with Crippen molar-refractivity contribution in [3.05, 3.63) is 105 Å². The molecule has 0 saturated heterocycles. The third-order valence-electron chi connectivity index (χ3n) is 4.90. The molecule has 45 heavy (non-hydrogen) atoms. The van der Waals surface area contributed by atoms with Gasteiger partial charge in [-0.25, -0.2) is 27.8 Å². The Morgan fingerprint density at radius 1 is 1.00 bits per heavy atom. The molecule has 0 radical (unpaired) electrons. The number of hydrogen-bond donors (Lipinski definition) is 3. The van der Waals surface area contributed by atoms with Crippen LogP contribution in [0.5, 0.6) is 0 Å². The first kappa shape index (κ1) is 43.6. The third-order valence-corrected chi connectivity index (χ3v) is 4.90. The van der Waals surface area contributed by atoms with Crippen LogP contribution in [0.15, 0.2) is 71.2 Å².